The average molecular weight is 283 g/mol. The summed E-state index contributed by atoms with van der Waals surface area (Å²) in [5, 5.41) is 10.4. The minimum Gasteiger partial charge on any atom is -0.388 e. The number of likely N-dealkylation sites (N-methyl/N-ethyl adjacent to an activating group) is 1. The van der Waals surface area contributed by atoms with E-state index in [9.17, 15) is 14.7 Å². The van der Waals surface area contributed by atoms with E-state index in [4.69, 9.17) is 5.73 Å². The van der Waals surface area contributed by atoms with Gasteiger partial charge in [-0.3, -0.25) is 4.79 Å². The van der Waals surface area contributed by atoms with E-state index in [1.807, 2.05) is 0 Å². The minimum atomic E-state index is -0.720. The van der Waals surface area contributed by atoms with E-state index in [-0.39, 0.29) is 11.8 Å². The van der Waals surface area contributed by atoms with Gasteiger partial charge in [0.2, 0.25) is 5.91 Å². The van der Waals surface area contributed by atoms with Crippen molar-refractivity contribution < 1.29 is 14.7 Å². The molecular weight excluding hydrogens is 258 g/mol. The predicted molar refractivity (Wildman–Crippen MR) is 74.9 cm³/mol. The maximum Gasteiger partial charge on any atom is 0.314 e. The predicted octanol–water partition coefficient (Wildman–Crippen LogP) is 0.541. The number of nitrogens with zero attached hydrogens (tertiary/aromatic N) is 2. The largest absolute Gasteiger partial charge is 0.388 e. The second kappa shape index (κ2) is 5.99. The number of nitrogens with two attached hydrogens (primary N) is 1. The van der Waals surface area contributed by atoms with Crippen LogP contribution in [0.15, 0.2) is 0 Å². The van der Waals surface area contributed by atoms with E-state index < -0.39 is 11.6 Å². The summed E-state index contributed by atoms with van der Waals surface area (Å²) in [6, 6.07) is -0.459. The number of aliphatic hydroxyl groups is 1. The van der Waals surface area contributed by atoms with Crippen LogP contribution >= 0.6 is 0 Å². The number of hydrogen-bond donors (Lipinski definition) is 2. The second-order valence-corrected chi connectivity index (χ2v) is 6.25. The molecule has 2 aliphatic rings. The lowest BCUT2D eigenvalue weighted by molar-refractivity contribution is -0.138. The Labute approximate surface area is 119 Å². The summed E-state index contributed by atoms with van der Waals surface area (Å²) in [6.07, 6.45) is 5.17. The number of hydrogen-bond acceptors (Lipinski definition) is 3. The molecule has 1 aliphatic carbocycles. The molecule has 2 fully saturated rings. The normalized spacial score (nSPS) is 25.5. The van der Waals surface area contributed by atoms with Crippen LogP contribution in [-0.2, 0) is 4.79 Å². The van der Waals surface area contributed by atoms with Crippen molar-refractivity contribution in [2.24, 2.45) is 11.7 Å². The van der Waals surface area contributed by atoms with Crippen LogP contribution < -0.4 is 5.73 Å². The third-order valence-electron chi connectivity index (χ3n) is 4.52. The van der Waals surface area contributed by atoms with Gasteiger partial charge in [0, 0.05) is 26.7 Å². The lowest BCUT2D eigenvalue weighted by Crippen LogP contribution is -2.50. The van der Waals surface area contributed by atoms with Crippen molar-refractivity contribution >= 4 is 11.9 Å². The maximum absolute atomic E-state index is 12.4. The topological polar surface area (TPSA) is 86.9 Å². The third kappa shape index (κ3) is 3.42. The van der Waals surface area contributed by atoms with Gasteiger partial charge < -0.3 is 20.6 Å². The van der Waals surface area contributed by atoms with Gasteiger partial charge >= 0.3 is 6.03 Å². The van der Waals surface area contributed by atoms with Gasteiger partial charge in [-0.15, -0.1) is 0 Å². The molecule has 6 heteroatoms. The Bertz CT molecular complexity index is 380. The van der Waals surface area contributed by atoms with E-state index in [0.717, 1.165) is 38.5 Å². The number of amides is 3. The molecule has 0 radical (unpaired) electrons. The third-order valence-corrected chi connectivity index (χ3v) is 4.52. The molecule has 2 rings (SSSR count). The van der Waals surface area contributed by atoms with E-state index in [1.165, 1.54) is 4.90 Å². The summed E-state index contributed by atoms with van der Waals surface area (Å²) in [5.74, 6) is -0.178. The Hall–Kier alpha value is -1.30. The van der Waals surface area contributed by atoms with Gasteiger partial charge in [0.15, 0.2) is 0 Å². The van der Waals surface area contributed by atoms with Crippen molar-refractivity contribution in [3.8, 4) is 0 Å². The first kappa shape index (κ1) is 15.1. The zero-order chi connectivity index (χ0) is 14.8. The van der Waals surface area contributed by atoms with Crippen LogP contribution in [0, 0.1) is 5.92 Å². The molecule has 0 aromatic heterocycles. The highest BCUT2D eigenvalue weighted by Gasteiger charge is 2.36. The van der Waals surface area contributed by atoms with Crippen LogP contribution in [0.5, 0.6) is 0 Å². The van der Waals surface area contributed by atoms with Gasteiger partial charge in [0.05, 0.1) is 11.5 Å². The molecule has 3 N–H and O–H groups in total. The summed E-state index contributed by atoms with van der Waals surface area (Å²) >= 11 is 0. The summed E-state index contributed by atoms with van der Waals surface area (Å²) in [6.45, 7) is 1.42. The van der Waals surface area contributed by atoms with Crippen LogP contribution in [0.3, 0.4) is 0 Å². The molecule has 0 aromatic carbocycles. The smallest absolute Gasteiger partial charge is 0.314 e. The molecule has 1 saturated heterocycles. The number of piperidine rings is 1. The minimum absolute atomic E-state index is 0.0104. The summed E-state index contributed by atoms with van der Waals surface area (Å²) in [5.41, 5.74) is 4.56. The number of primary amides is 1. The van der Waals surface area contributed by atoms with E-state index in [2.05, 4.69) is 0 Å². The number of rotatable bonds is 3. The molecule has 1 unspecified atom stereocenters. The Morgan fingerprint density at radius 2 is 2.00 bits per heavy atom. The number of likely N-dealkylation sites (tertiary alicyclic amines) is 1. The molecule has 20 heavy (non-hydrogen) atoms. The molecule has 3 amide bonds. The van der Waals surface area contributed by atoms with E-state index >= 15 is 0 Å². The number of carbonyl (C=O) groups is 2. The lowest BCUT2D eigenvalue weighted by atomic mass is 9.95. The standard InChI is InChI=1S/C14H25N3O3/c1-16(10-14(20)6-2-3-7-14)12(18)11-5-4-8-17(9-11)13(15)19/h11,20H,2-10H2,1H3,(H2,15,19). The highest BCUT2D eigenvalue weighted by molar-refractivity contribution is 5.80. The molecule has 0 bridgehead atoms. The van der Waals surface area contributed by atoms with Crippen molar-refractivity contribution in [1.29, 1.82) is 0 Å². The molecule has 1 heterocycles. The molecule has 1 atom stereocenters. The highest BCUT2D eigenvalue weighted by Crippen LogP contribution is 2.30. The van der Waals surface area contributed by atoms with Gasteiger partial charge in [-0.05, 0) is 25.7 Å². The van der Waals surface area contributed by atoms with Crippen LogP contribution in [0.2, 0.25) is 0 Å². The lowest BCUT2D eigenvalue weighted by Gasteiger charge is -2.35. The van der Waals surface area contributed by atoms with Crippen molar-refractivity contribution in [2.75, 3.05) is 26.7 Å². The molecular formula is C14H25N3O3. The average Bonchev–Trinajstić information content (AvgIpc) is 2.84. The fourth-order valence-electron chi connectivity index (χ4n) is 3.40. The molecule has 114 valence electrons. The molecule has 0 spiro atoms. The maximum atomic E-state index is 12.4. The summed E-state index contributed by atoms with van der Waals surface area (Å²) in [4.78, 5) is 26.8. The quantitative estimate of drug-likeness (QED) is 0.792. The summed E-state index contributed by atoms with van der Waals surface area (Å²) < 4.78 is 0. The van der Waals surface area contributed by atoms with Crippen LogP contribution in [0.25, 0.3) is 0 Å². The van der Waals surface area contributed by atoms with Crippen LogP contribution in [-0.4, -0.2) is 59.1 Å². The van der Waals surface area contributed by atoms with Gasteiger partial charge in [0.1, 0.15) is 0 Å². The SMILES string of the molecule is CN(CC1(O)CCCC1)C(=O)C1CCCN(C(N)=O)C1. The van der Waals surface area contributed by atoms with Crippen molar-refractivity contribution in [1.82, 2.24) is 9.80 Å². The molecule has 6 nitrogen and oxygen atoms in total. The van der Waals surface area contributed by atoms with E-state index in [0.29, 0.717) is 19.6 Å². The van der Waals surface area contributed by atoms with Crippen molar-refractivity contribution in [2.45, 2.75) is 44.1 Å². The van der Waals surface area contributed by atoms with E-state index in [1.54, 1.807) is 11.9 Å². The second-order valence-electron chi connectivity index (χ2n) is 6.25. The Morgan fingerprint density at radius 3 is 2.60 bits per heavy atom. The van der Waals surface area contributed by atoms with Crippen molar-refractivity contribution in [3.05, 3.63) is 0 Å². The Balaban J connectivity index is 1.91. The van der Waals surface area contributed by atoms with Crippen LogP contribution in [0.4, 0.5) is 4.79 Å². The molecule has 1 aliphatic heterocycles. The van der Waals surface area contributed by atoms with Gasteiger partial charge in [-0.1, -0.05) is 12.8 Å². The van der Waals surface area contributed by atoms with Crippen LogP contribution in [0.1, 0.15) is 38.5 Å². The number of carbonyl (C=O) groups excluding carboxylic acids is 2. The first-order valence-corrected chi connectivity index (χ1v) is 7.43. The fourth-order valence-corrected chi connectivity index (χ4v) is 3.40. The monoisotopic (exact) mass is 283 g/mol. The van der Waals surface area contributed by atoms with Crippen molar-refractivity contribution in [3.63, 3.8) is 0 Å². The van der Waals surface area contributed by atoms with Gasteiger partial charge in [0.25, 0.3) is 0 Å². The Morgan fingerprint density at radius 1 is 1.35 bits per heavy atom. The first-order valence-electron chi connectivity index (χ1n) is 7.43. The highest BCUT2D eigenvalue weighted by atomic mass is 16.3. The zero-order valence-electron chi connectivity index (χ0n) is 12.2. The fraction of sp³-hybridized carbons (Fsp3) is 0.857. The zero-order valence-corrected chi connectivity index (χ0v) is 12.2. The first-order chi connectivity index (χ1) is 9.41. The number of urea groups is 1. The molecule has 0 aromatic rings. The Kier molecular flexibility index (Phi) is 4.52. The summed E-state index contributed by atoms with van der Waals surface area (Å²) in [7, 11) is 1.74. The molecule has 1 saturated carbocycles. The van der Waals surface area contributed by atoms with Gasteiger partial charge in [-0.25, -0.2) is 4.79 Å². The van der Waals surface area contributed by atoms with Gasteiger partial charge in [-0.2, -0.15) is 0 Å².